The summed E-state index contributed by atoms with van der Waals surface area (Å²) in [4.78, 5) is 5.13. The summed E-state index contributed by atoms with van der Waals surface area (Å²) in [6.45, 7) is 9.27. The van der Waals surface area contributed by atoms with E-state index in [1.165, 1.54) is 51.1 Å². The van der Waals surface area contributed by atoms with Gasteiger partial charge in [0.15, 0.2) is 0 Å². The molecule has 7 nitrogen and oxygen atoms in total. The zero-order valence-corrected chi connectivity index (χ0v) is 17.9. The van der Waals surface area contributed by atoms with Gasteiger partial charge in [0, 0.05) is 38.6 Å². The van der Waals surface area contributed by atoms with Crippen LogP contribution in [-0.4, -0.2) is 83.1 Å². The highest BCUT2D eigenvalue weighted by Gasteiger charge is 2.30. The highest BCUT2D eigenvalue weighted by atomic mass is 35.5. The van der Waals surface area contributed by atoms with E-state index in [0.29, 0.717) is 5.92 Å². The van der Waals surface area contributed by atoms with Crippen LogP contribution in [0.15, 0.2) is 0 Å². The molecule has 1 N–H and O–H groups in total. The van der Waals surface area contributed by atoms with Gasteiger partial charge in [-0.05, 0) is 45.3 Å². The molecule has 0 bridgehead atoms. The normalized spacial score (nSPS) is 25.6. The topological polar surface area (TPSA) is 58.5 Å². The van der Waals surface area contributed by atoms with Gasteiger partial charge in [-0.3, -0.25) is 9.80 Å². The summed E-state index contributed by atoms with van der Waals surface area (Å²) in [6.07, 6.45) is 5.09. The van der Waals surface area contributed by atoms with Crippen LogP contribution in [0.25, 0.3) is 0 Å². The zero-order valence-electron chi connectivity index (χ0n) is 16.3. The van der Waals surface area contributed by atoms with Crippen LogP contribution in [0, 0.1) is 0 Å². The van der Waals surface area contributed by atoms with E-state index in [0.717, 1.165) is 51.3 Å². The van der Waals surface area contributed by atoms with Crippen LogP contribution in [0.3, 0.4) is 0 Å². The molecule has 4 rings (SSSR count). The average Bonchev–Trinajstić information content (AvgIpc) is 3.04. The number of hydrogen-bond acceptors (Lipinski definition) is 6. The van der Waals surface area contributed by atoms with Crippen molar-refractivity contribution in [1.82, 2.24) is 29.9 Å². The van der Waals surface area contributed by atoms with Crippen molar-refractivity contribution in [3.05, 3.63) is 11.6 Å². The minimum absolute atomic E-state index is 0. The Hall–Kier alpha value is -0.440. The lowest BCUT2D eigenvalue weighted by atomic mass is 9.93. The summed E-state index contributed by atoms with van der Waals surface area (Å²) in [7, 11) is 2.15. The molecule has 3 saturated heterocycles. The largest absolute Gasteiger partial charge is 0.379 e. The van der Waals surface area contributed by atoms with Crippen LogP contribution >= 0.6 is 24.8 Å². The van der Waals surface area contributed by atoms with Crippen molar-refractivity contribution < 1.29 is 4.74 Å². The molecule has 3 aliphatic heterocycles. The molecule has 9 heteroatoms. The highest BCUT2D eigenvalue weighted by Crippen LogP contribution is 2.28. The Kier molecular flexibility index (Phi) is 9.25. The van der Waals surface area contributed by atoms with Gasteiger partial charge in [-0.15, -0.1) is 35.0 Å². The number of rotatable bonds is 4. The summed E-state index contributed by atoms with van der Waals surface area (Å²) in [5.74, 6) is 2.80. The molecule has 0 saturated carbocycles. The molecule has 4 heterocycles. The quantitative estimate of drug-likeness (QED) is 0.794. The molecule has 0 spiro atoms. The molecule has 1 aromatic heterocycles. The van der Waals surface area contributed by atoms with Crippen molar-refractivity contribution in [2.24, 2.45) is 7.05 Å². The Morgan fingerprint density at radius 2 is 1.78 bits per heavy atom. The lowest BCUT2D eigenvalue weighted by molar-refractivity contribution is 0.0326. The Labute approximate surface area is 175 Å². The molecule has 1 atom stereocenters. The van der Waals surface area contributed by atoms with Crippen molar-refractivity contribution >= 4 is 24.8 Å². The van der Waals surface area contributed by atoms with Gasteiger partial charge in [0.1, 0.15) is 11.6 Å². The Bertz CT molecular complexity index is 560. The van der Waals surface area contributed by atoms with Gasteiger partial charge in [-0.25, -0.2) is 0 Å². The summed E-state index contributed by atoms with van der Waals surface area (Å²) < 4.78 is 7.70. The lowest BCUT2D eigenvalue weighted by Crippen LogP contribution is -2.47. The summed E-state index contributed by atoms with van der Waals surface area (Å²) >= 11 is 0. The van der Waals surface area contributed by atoms with Gasteiger partial charge < -0.3 is 14.6 Å². The molecule has 0 radical (unpaired) electrons. The van der Waals surface area contributed by atoms with E-state index >= 15 is 0 Å². The van der Waals surface area contributed by atoms with Crippen molar-refractivity contribution in [3.8, 4) is 0 Å². The lowest BCUT2D eigenvalue weighted by Gasteiger charge is -2.39. The van der Waals surface area contributed by atoms with Crippen LogP contribution in [0.5, 0.6) is 0 Å². The molecular formula is C18H34Cl2N6O. The van der Waals surface area contributed by atoms with Crippen LogP contribution in [0.2, 0.25) is 0 Å². The molecule has 156 valence electrons. The van der Waals surface area contributed by atoms with E-state index in [1.54, 1.807) is 0 Å². The fraction of sp³-hybridized carbons (Fsp3) is 0.889. The third-order valence-electron chi connectivity index (χ3n) is 6.11. The first-order valence-corrected chi connectivity index (χ1v) is 9.94. The number of nitrogens with one attached hydrogen (secondary N) is 1. The van der Waals surface area contributed by atoms with Crippen molar-refractivity contribution in [2.45, 2.75) is 44.2 Å². The third kappa shape index (κ3) is 5.55. The third-order valence-corrected chi connectivity index (χ3v) is 6.11. The van der Waals surface area contributed by atoms with Gasteiger partial charge in [-0.1, -0.05) is 0 Å². The minimum atomic E-state index is 0. The second kappa shape index (κ2) is 10.9. The summed E-state index contributed by atoms with van der Waals surface area (Å²) in [6, 6.07) is 0.755. The van der Waals surface area contributed by atoms with E-state index in [9.17, 15) is 0 Å². The summed E-state index contributed by atoms with van der Waals surface area (Å²) in [5.41, 5.74) is 0. The number of ether oxygens (including phenoxy) is 1. The maximum Gasteiger partial charge on any atom is 0.146 e. The first-order valence-electron chi connectivity index (χ1n) is 9.94. The second-order valence-electron chi connectivity index (χ2n) is 7.74. The molecule has 0 aromatic carbocycles. The molecule has 3 fully saturated rings. The predicted molar refractivity (Wildman–Crippen MR) is 111 cm³/mol. The van der Waals surface area contributed by atoms with Crippen LogP contribution in [0.4, 0.5) is 0 Å². The maximum absolute atomic E-state index is 5.44. The smallest absolute Gasteiger partial charge is 0.146 e. The Morgan fingerprint density at radius 1 is 1.04 bits per heavy atom. The van der Waals surface area contributed by atoms with Gasteiger partial charge >= 0.3 is 0 Å². The zero-order chi connectivity index (χ0) is 17.1. The van der Waals surface area contributed by atoms with E-state index in [4.69, 9.17) is 4.74 Å². The molecule has 1 unspecified atom stereocenters. The molecular weight excluding hydrogens is 387 g/mol. The first-order chi connectivity index (χ1) is 12.3. The Morgan fingerprint density at radius 3 is 2.52 bits per heavy atom. The van der Waals surface area contributed by atoms with Crippen LogP contribution in [0.1, 0.15) is 43.3 Å². The molecule has 27 heavy (non-hydrogen) atoms. The van der Waals surface area contributed by atoms with E-state index < -0.39 is 0 Å². The van der Waals surface area contributed by atoms with Gasteiger partial charge in [0.2, 0.25) is 0 Å². The Balaban J connectivity index is 0.00000131. The predicted octanol–water partition coefficient (Wildman–Crippen LogP) is 1.42. The standard InChI is InChI=1S/C18H32N6O.2ClH/c1-22-17(14-23-9-11-25-12-10-23)20-21-18(22)15-3-2-8-24(13-15)16-4-6-19-7-5-16;;/h15-16,19H,2-14H2,1H3;2*1H. The average molecular weight is 421 g/mol. The van der Waals surface area contributed by atoms with E-state index in [1.807, 2.05) is 0 Å². The molecule has 1 aromatic rings. The SMILES string of the molecule is Cl.Cl.Cn1c(CN2CCOCC2)nnc1C1CCCN(C2CCNCC2)C1. The maximum atomic E-state index is 5.44. The fourth-order valence-electron chi connectivity index (χ4n) is 4.55. The second-order valence-corrected chi connectivity index (χ2v) is 7.74. The monoisotopic (exact) mass is 420 g/mol. The molecule has 0 amide bonds. The van der Waals surface area contributed by atoms with Crippen molar-refractivity contribution in [3.63, 3.8) is 0 Å². The minimum Gasteiger partial charge on any atom is -0.379 e. The van der Waals surface area contributed by atoms with Crippen LogP contribution in [-0.2, 0) is 18.3 Å². The van der Waals surface area contributed by atoms with Gasteiger partial charge in [0.25, 0.3) is 0 Å². The van der Waals surface area contributed by atoms with E-state index in [-0.39, 0.29) is 24.8 Å². The fourth-order valence-corrected chi connectivity index (χ4v) is 4.55. The number of likely N-dealkylation sites (tertiary alicyclic amines) is 1. The highest BCUT2D eigenvalue weighted by molar-refractivity contribution is 5.85. The number of aromatic nitrogens is 3. The number of hydrogen-bond donors (Lipinski definition) is 1. The van der Waals surface area contributed by atoms with E-state index in [2.05, 4.69) is 36.9 Å². The molecule has 3 aliphatic rings. The number of nitrogens with zero attached hydrogens (tertiary/aromatic N) is 5. The number of piperidine rings is 2. The van der Waals surface area contributed by atoms with Crippen molar-refractivity contribution in [2.75, 3.05) is 52.5 Å². The summed E-state index contributed by atoms with van der Waals surface area (Å²) in [5, 5.41) is 12.6. The van der Waals surface area contributed by atoms with Crippen LogP contribution < -0.4 is 5.32 Å². The first kappa shape index (κ1) is 22.8. The van der Waals surface area contributed by atoms with Gasteiger partial charge in [-0.2, -0.15) is 0 Å². The van der Waals surface area contributed by atoms with Crippen molar-refractivity contribution in [1.29, 1.82) is 0 Å². The van der Waals surface area contributed by atoms with Gasteiger partial charge in [0.05, 0.1) is 19.8 Å². The number of halogens is 2. The number of morpholine rings is 1. The molecule has 0 aliphatic carbocycles.